The normalized spacial score (nSPS) is 12.9. The van der Waals surface area contributed by atoms with Gasteiger partial charge in [0.1, 0.15) is 0 Å². The summed E-state index contributed by atoms with van der Waals surface area (Å²) in [6.45, 7) is 9.35. The third-order valence-corrected chi connectivity index (χ3v) is 21.3. The first-order chi connectivity index (χ1) is 22.5. The molecule has 46 heavy (non-hydrogen) atoms. The van der Waals surface area contributed by atoms with Crippen molar-refractivity contribution < 1.29 is 0 Å². The molecule has 0 aromatic heterocycles. The molecule has 0 rings (SSSR count). The van der Waals surface area contributed by atoms with Crippen LogP contribution < -0.4 is 0 Å². The van der Waals surface area contributed by atoms with Gasteiger partial charge in [-0.3, -0.25) is 0 Å². The Labute approximate surface area is 303 Å². The SMILES string of the molecule is CCCCCCCCCCCP(Br)(CCCCCCCCCCC)(CCCCCCCCCCC)CCCCCCCCCCC. The van der Waals surface area contributed by atoms with Crippen molar-refractivity contribution in [1.82, 2.24) is 0 Å². The van der Waals surface area contributed by atoms with Crippen molar-refractivity contribution in [2.75, 3.05) is 24.6 Å². The van der Waals surface area contributed by atoms with E-state index >= 15 is 0 Å². The molecule has 0 aliphatic carbocycles. The fourth-order valence-electron chi connectivity index (χ4n) is 7.94. The zero-order chi connectivity index (χ0) is 33.7. The molecule has 0 unspecified atom stereocenters. The van der Waals surface area contributed by atoms with Crippen LogP contribution in [0.15, 0.2) is 0 Å². The monoisotopic (exact) mass is 731 g/mol. The van der Waals surface area contributed by atoms with Crippen LogP contribution in [0.5, 0.6) is 0 Å². The van der Waals surface area contributed by atoms with Crippen molar-refractivity contribution in [3.8, 4) is 0 Å². The molecule has 0 heterocycles. The molecule has 0 N–H and O–H groups in total. The molecule has 280 valence electrons. The number of hydrogen-bond acceptors (Lipinski definition) is 0. The van der Waals surface area contributed by atoms with Gasteiger partial charge in [0.05, 0.1) is 0 Å². The summed E-state index contributed by atoms with van der Waals surface area (Å²) in [5.41, 5.74) is 0. The number of unbranched alkanes of at least 4 members (excludes halogenated alkanes) is 32. The van der Waals surface area contributed by atoms with Crippen molar-refractivity contribution in [1.29, 1.82) is 0 Å². The van der Waals surface area contributed by atoms with E-state index in [0.29, 0.717) is 0 Å². The summed E-state index contributed by atoms with van der Waals surface area (Å²) >= 11 is 4.87. The molecule has 0 aliphatic rings. The van der Waals surface area contributed by atoms with Crippen molar-refractivity contribution in [2.24, 2.45) is 0 Å². The van der Waals surface area contributed by atoms with Gasteiger partial charge in [0.25, 0.3) is 0 Å². The molecule has 0 aromatic carbocycles. The molecular weight excluding hydrogens is 639 g/mol. The second kappa shape index (κ2) is 35.7. The van der Waals surface area contributed by atoms with Gasteiger partial charge in [0.15, 0.2) is 0 Å². The van der Waals surface area contributed by atoms with Gasteiger partial charge in [-0.1, -0.05) is 0 Å². The molecule has 0 atom stereocenters. The molecule has 0 bridgehead atoms. The van der Waals surface area contributed by atoms with Gasteiger partial charge in [0, 0.05) is 0 Å². The minimum atomic E-state index is -1.83. The summed E-state index contributed by atoms with van der Waals surface area (Å²) in [4.78, 5) is 0. The molecule has 0 aromatic rings. The Bertz CT molecular complexity index is 475. The van der Waals surface area contributed by atoms with E-state index in [2.05, 4.69) is 27.7 Å². The number of halogens is 1. The molecule has 0 fully saturated rings. The van der Waals surface area contributed by atoms with Gasteiger partial charge in [-0.15, -0.1) is 0 Å². The summed E-state index contributed by atoms with van der Waals surface area (Å²) in [5, 5.41) is -1.83. The summed E-state index contributed by atoms with van der Waals surface area (Å²) in [5.74, 6) is 0. The maximum atomic E-state index is 4.87. The van der Waals surface area contributed by atoms with Crippen LogP contribution in [0.1, 0.15) is 259 Å². The Kier molecular flexibility index (Phi) is 36.4. The Hall–Kier alpha value is 0.910. The van der Waals surface area contributed by atoms with E-state index in [0.717, 1.165) is 0 Å². The van der Waals surface area contributed by atoms with E-state index < -0.39 is 5.31 Å². The number of rotatable bonds is 40. The van der Waals surface area contributed by atoms with Crippen molar-refractivity contribution in [3.05, 3.63) is 0 Å². The van der Waals surface area contributed by atoms with E-state index in [4.69, 9.17) is 15.5 Å². The van der Waals surface area contributed by atoms with Crippen LogP contribution in [0.2, 0.25) is 0 Å². The second-order valence-corrected chi connectivity index (χ2v) is 27.5. The third-order valence-electron chi connectivity index (χ3n) is 11.3. The Morgan fingerprint density at radius 1 is 0.217 bits per heavy atom. The molecule has 0 saturated carbocycles. The van der Waals surface area contributed by atoms with Crippen LogP contribution in [0.3, 0.4) is 0 Å². The average molecular weight is 732 g/mol. The predicted molar refractivity (Wildman–Crippen MR) is 224 cm³/mol. The van der Waals surface area contributed by atoms with E-state index in [-0.39, 0.29) is 0 Å². The van der Waals surface area contributed by atoms with Gasteiger partial charge in [-0.25, -0.2) is 0 Å². The first kappa shape index (κ1) is 46.9. The van der Waals surface area contributed by atoms with Crippen LogP contribution >= 0.6 is 20.8 Å². The van der Waals surface area contributed by atoms with Crippen LogP contribution in [-0.4, -0.2) is 24.6 Å². The second-order valence-electron chi connectivity index (χ2n) is 16.0. The van der Waals surface area contributed by atoms with Gasteiger partial charge >= 0.3 is 304 Å². The average Bonchev–Trinajstić information content (AvgIpc) is 3.05. The first-order valence-corrected chi connectivity index (χ1v) is 27.3. The van der Waals surface area contributed by atoms with E-state index in [1.807, 2.05) is 0 Å². The molecule has 0 radical (unpaired) electrons. The van der Waals surface area contributed by atoms with Crippen LogP contribution in [-0.2, 0) is 0 Å². The van der Waals surface area contributed by atoms with Crippen molar-refractivity contribution in [2.45, 2.75) is 259 Å². The van der Waals surface area contributed by atoms with Gasteiger partial charge in [0.2, 0.25) is 0 Å². The van der Waals surface area contributed by atoms with E-state index in [1.54, 1.807) is 24.6 Å². The quantitative estimate of drug-likeness (QED) is 0.0435. The van der Waals surface area contributed by atoms with Gasteiger partial charge in [-0.2, -0.15) is 0 Å². The molecular formula is C44H92BrP. The summed E-state index contributed by atoms with van der Waals surface area (Å²) in [6.07, 6.45) is 59.0. The number of hydrogen-bond donors (Lipinski definition) is 0. The third kappa shape index (κ3) is 30.9. The standard InChI is InChI=1S/C44H92BrP/c1-5-9-13-17-21-25-29-33-37-41-46(45,42-38-34-30-26-22-18-14-10-6-2,43-39-35-31-27-23-19-15-11-7-3)44-40-36-32-28-24-20-16-12-8-4/h5-44H2,1-4H3. The minimum absolute atomic E-state index is 1.37. The van der Waals surface area contributed by atoms with Crippen LogP contribution in [0, 0.1) is 0 Å². The fraction of sp³-hybridized carbons (Fsp3) is 1.00. The maximum absolute atomic E-state index is 4.87. The topological polar surface area (TPSA) is 0 Å². The molecule has 2 heteroatoms. The predicted octanol–water partition coefficient (Wildman–Crippen LogP) is 18.0. The van der Waals surface area contributed by atoms with Crippen molar-refractivity contribution in [3.63, 3.8) is 0 Å². The first-order valence-electron chi connectivity index (χ1n) is 22.3. The van der Waals surface area contributed by atoms with E-state index in [9.17, 15) is 0 Å². The zero-order valence-corrected chi connectivity index (χ0v) is 35.6. The molecule has 0 spiro atoms. The van der Waals surface area contributed by atoms with Gasteiger partial charge in [-0.05, 0) is 0 Å². The molecule has 0 saturated heterocycles. The zero-order valence-electron chi connectivity index (χ0n) is 33.1. The summed E-state index contributed by atoms with van der Waals surface area (Å²) in [6, 6.07) is 0. The summed E-state index contributed by atoms with van der Waals surface area (Å²) < 4.78 is 0. The fourth-order valence-corrected chi connectivity index (χ4v) is 16.3. The van der Waals surface area contributed by atoms with Crippen LogP contribution in [0.25, 0.3) is 0 Å². The Balaban J connectivity index is 5.05. The van der Waals surface area contributed by atoms with E-state index in [1.165, 1.54) is 231 Å². The summed E-state index contributed by atoms with van der Waals surface area (Å²) in [7, 11) is 0. The Morgan fingerprint density at radius 2 is 0.348 bits per heavy atom. The van der Waals surface area contributed by atoms with Crippen LogP contribution in [0.4, 0.5) is 0 Å². The molecule has 0 nitrogen and oxygen atoms in total. The molecule has 0 amide bonds. The Morgan fingerprint density at radius 3 is 0.500 bits per heavy atom. The molecule has 0 aliphatic heterocycles. The van der Waals surface area contributed by atoms with Crippen molar-refractivity contribution >= 4 is 20.8 Å². The van der Waals surface area contributed by atoms with Gasteiger partial charge < -0.3 is 0 Å².